The Morgan fingerprint density at radius 3 is 2.30 bits per heavy atom. The largest absolute Gasteiger partial charge is 0.372 e. The number of urea groups is 1. The fourth-order valence-electron chi connectivity index (χ4n) is 10.6. The molecule has 3 unspecified atom stereocenters. The zero-order valence-corrected chi connectivity index (χ0v) is 38.0. The lowest BCUT2D eigenvalue weighted by molar-refractivity contribution is 0.111. The lowest BCUT2D eigenvalue weighted by atomic mass is 9.88. The molecule has 5 aliphatic heterocycles. The van der Waals surface area contributed by atoms with E-state index in [2.05, 4.69) is 115 Å². The number of anilines is 4. The maximum absolute atomic E-state index is 13.1. The summed E-state index contributed by atoms with van der Waals surface area (Å²) in [7, 11) is 2.05. The molecule has 2 N–H and O–H groups in total. The van der Waals surface area contributed by atoms with Crippen LogP contribution in [0.3, 0.4) is 0 Å². The third-order valence-corrected chi connectivity index (χ3v) is 14.7. The molecule has 5 aliphatic rings. The van der Waals surface area contributed by atoms with Crippen molar-refractivity contribution in [3.63, 3.8) is 0 Å². The molecular weight excluding hydrogens is 803 g/mol. The molecule has 1 aromatic heterocycles. The maximum atomic E-state index is 13.1. The molecule has 14 nitrogen and oxygen atoms in total. The molecule has 5 fully saturated rings. The van der Waals surface area contributed by atoms with Crippen LogP contribution in [0.5, 0.6) is 0 Å². The van der Waals surface area contributed by atoms with Gasteiger partial charge in [0.2, 0.25) is 5.95 Å². The molecule has 14 heteroatoms. The van der Waals surface area contributed by atoms with Crippen LogP contribution in [0, 0.1) is 5.92 Å². The second-order valence-electron chi connectivity index (χ2n) is 18.7. The van der Waals surface area contributed by atoms with E-state index < -0.39 is 0 Å². The Hall–Kier alpha value is -5.76. The topological polar surface area (TPSA) is 133 Å². The van der Waals surface area contributed by atoms with Crippen molar-refractivity contribution >= 4 is 47.4 Å². The molecular formula is C50H67N11O3. The fraction of sp³-hybridized carbons (Fsp3) is 0.520. The van der Waals surface area contributed by atoms with Gasteiger partial charge in [0.05, 0.1) is 12.1 Å². The maximum Gasteiger partial charge on any atom is 0.320 e. The van der Waals surface area contributed by atoms with Crippen LogP contribution in [0.4, 0.5) is 27.9 Å². The first-order chi connectivity index (χ1) is 31.1. The summed E-state index contributed by atoms with van der Waals surface area (Å²) in [5.41, 5.74) is 6.85. The van der Waals surface area contributed by atoms with Crippen molar-refractivity contribution in [1.82, 2.24) is 40.1 Å². The number of nitrogens with one attached hydrogen (secondary N) is 2. The van der Waals surface area contributed by atoms with Crippen LogP contribution in [-0.2, 0) is 0 Å². The molecule has 64 heavy (non-hydrogen) atoms. The summed E-state index contributed by atoms with van der Waals surface area (Å²) < 4.78 is 0. The van der Waals surface area contributed by atoms with Gasteiger partial charge in [-0.25, -0.2) is 4.79 Å². The van der Waals surface area contributed by atoms with Gasteiger partial charge in [-0.15, -0.1) is 10.2 Å². The highest BCUT2D eigenvalue weighted by molar-refractivity contribution is 5.86. The average Bonchev–Trinajstić information content (AvgIpc) is 3.93. The van der Waals surface area contributed by atoms with Crippen LogP contribution in [0.25, 0.3) is 5.70 Å². The number of aromatic nitrogens is 3. The standard InChI is InChI=1S/C50H67N11O3/c1-6-51-35(2)11-12-36(3)56(5)37(4)46-29-43(18-15-41(46)33-62)58-27-19-38(20-28-58)30-57-25-21-40(22-26-57)39-13-16-42(17-14-39)52-48-47(34-63)54-55-49(53-48)59-23-7-9-44(31-59)61-32-45-10-8-24-60(45)50(61)64/h6,13-18,29,33-34,36,38,40,44-45,51H,1-2,4,7-12,19-28,30-32H2,3,5H3,(H,52,53,55). The third-order valence-electron chi connectivity index (χ3n) is 14.7. The van der Waals surface area contributed by atoms with Crippen LogP contribution in [0.1, 0.15) is 109 Å². The van der Waals surface area contributed by atoms with E-state index in [1.54, 1.807) is 6.20 Å². The number of piperidine rings is 3. The molecule has 0 bridgehead atoms. The molecule has 0 aliphatic carbocycles. The van der Waals surface area contributed by atoms with Gasteiger partial charge in [-0.1, -0.05) is 31.9 Å². The summed E-state index contributed by atoms with van der Waals surface area (Å²) in [5.74, 6) is 2.04. The monoisotopic (exact) mass is 870 g/mol. The summed E-state index contributed by atoms with van der Waals surface area (Å²) in [5, 5.41) is 15.0. The summed E-state index contributed by atoms with van der Waals surface area (Å²) in [6, 6.07) is 15.6. The van der Waals surface area contributed by atoms with Crippen molar-refractivity contribution in [2.75, 3.05) is 81.1 Å². The number of fused-ring (bicyclic) bond motifs is 1. The predicted molar refractivity (Wildman–Crippen MR) is 255 cm³/mol. The van der Waals surface area contributed by atoms with Gasteiger partial charge < -0.3 is 40.0 Å². The van der Waals surface area contributed by atoms with E-state index in [4.69, 9.17) is 4.98 Å². The number of aldehydes is 2. The molecule has 0 radical (unpaired) electrons. The molecule has 5 saturated heterocycles. The zero-order valence-electron chi connectivity index (χ0n) is 38.0. The van der Waals surface area contributed by atoms with Crippen molar-refractivity contribution in [1.29, 1.82) is 0 Å². The molecule has 0 spiro atoms. The average molecular weight is 870 g/mol. The van der Waals surface area contributed by atoms with Gasteiger partial charge in [0.25, 0.3) is 0 Å². The Morgan fingerprint density at radius 2 is 1.59 bits per heavy atom. The lowest BCUT2D eigenvalue weighted by Crippen LogP contribution is -2.50. The first-order valence-electron chi connectivity index (χ1n) is 23.5. The van der Waals surface area contributed by atoms with E-state index in [9.17, 15) is 14.4 Å². The minimum Gasteiger partial charge on any atom is -0.372 e. The summed E-state index contributed by atoms with van der Waals surface area (Å²) in [6.45, 7) is 22.8. The number of nitrogens with zero attached hydrogens (tertiary/aromatic N) is 9. The van der Waals surface area contributed by atoms with Crippen molar-refractivity contribution < 1.29 is 14.4 Å². The third kappa shape index (κ3) is 10.1. The Bertz CT molecular complexity index is 2160. The number of rotatable bonds is 18. The van der Waals surface area contributed by atoms with Crippen LogP contribution in [-0.4, -0.2) is 137 Å². The highest BCUT2D eigenvalue weighted by atomic mass is 16.2. The first kappa shape index (κ1) is 44.8. The number of likely N-dealkylation sites (tertiary alicyclic amines) is 1. The van der Waals surface area contributed by atoms with E-state index >= 15 is 0 Å². The minimum atomic E-state index is 0.114. The number of hydrogen-bond acceptors (Lipinski definition) is 12. The van der Waals surface area contributed by atoms with E-state index in [1.807, 2.05) is 11.0 Å². The van der Waals surface area contributed by atoms with E-state index in [-0.39, 0.29) is 23.8 Å². The zero-order chi connectivity index (χ0) is 44.7. The van der Waals surface area contributed by atoms with Gasteiger partial charge in [-0.2, -0.15) is 4.98 Å². The van der Waals surface area contributed by atoms with Crippen LogP contribution >= 0.6 is 0 Å². The molecule has 340 valence electrons. The summed E-state index contributed by atoms with van der Waals surface area (Å²) >= 11 is 0. The second kappa shape index (κ2) is 20.4. The lowest BCUT2D eigenvalue weighted by Gasteiger charge is -2.38. The molecule has 2 aromatic carbocycles. The Labute approximate surface area is 379 Å². The SMILES string of the molecule is C=CNC(=C)CCC(C)N(C)C(=C)c1cc(N2CCC(CN3CCC(c4ccc(Nc5nc(N6CCCC(N7CC8CCCN8C7=O)C6)nnc5C=O)cc4)CC3)CC2)ccc1C=O. The number of benzene rings is 2. The van der Waals surface area contributed by atoms with Crippen molar-refractivity contribution in [2.24, 2.45) is 5.92 Å². The number of carbonyl (C=O) groups is 3. The van der Waals surface area contributed by atoms with Crippen LogP contribution in [0.15, 0.2) is 74.1 Å². The predicted octanol–water partition coefficient (Wildman–Crippen LogP) is 7.52. The minimum absolute atomic E-state index is 0.114. The van der Waals surface area contributed by atoms with Gasteiger partial charge in [0.15, 0.2) is 24.1 Å². The van der Waals surface area contributed by atoms with Crippen molar-refractivity contribution in [3.05, 3.63) is 96.5 Å². The number of allylic oxidation sites excluding steroid dienone is 1. The van der Waals surface area contributed by atoms with E-state index in [0.717, 1.165) is 151 Å². The quantitative estimate of drug-likeness (QED) is 0.123. The normalized spacial score (nSPS) is 21.4. The van der Waals surface area contributed by atoms with Crippen molar-refractivity contribution in [2.45, 2.75) is 95.2 Å². The van der Waals surface area contributed by atoms with Gasteiger partial charge in [0.1, 0.15) is 0 Å². The van der Waals surface area contributed by atoms with Gasteiger partial charge >= 0.3 is 6.03 Å². The highest BCUT2D eigenvalue weighted by Crippen LogP contribution is 2.34. The van der Waals surface area contributed by atoms with Crippen molar-refractivity contribution in [3.8, 4) is 0 Å². The molecule has 6 heterocycles. The summed E-state index contributed by atoms with van der Waals surface area (Å²) in [4.78, 5) is 55.5. The Balaban J connectivity index is 0.797. The fourth-order valence-corrected chi connectivity index (χ4v) is 10.6. The second-order valence-corrected chi connectivity index (χ2v) is 18.7. The molecule has 2 amide bonds. The number of carbonyl (C=O) groups excluding carboxylic acids is 3. The molecule has 8 rings (SSSR count). The van der Waals surface area contributed by atoms with E-state index in [1.165, 1.54) is 5.56 Å². The van der Waals surface area contributed by atoms with Crippen LogP contribution < -0.4 is 20.4 Å². The molecule has 3 atom stereocenters. The number of amides is 2. The summed E-state index contributed by atoms with van der Waals surface area (Å²) in [6.07, 6.45) is 13.6. The Kier molecular flexibility index (Phi) is 14.3. The van der Waals surface area contributed by atoms with Gasteiger partial charge in [0, 0.05) is 92.8 Å². The number of hydrogen-bond donors (Lipinski definition) is 2. The molecule has 3 aromatic rings. The highest BCUT2D eigenvalue weighted by Gasteiger charge is 2.44. The van der Waals surface area contributed by atoms with Crippen LogP contribution in [0.2, 0.25) is 0 Å². The van der Waals surface area contributed by atoms with Gasteiger partial charge in [-0.3, -0.25) is 9.59 Å². The first-order valence-corrected chi connectivity index (χ1v) is 23.5. The molecule has 0 saturated carbocycles. The Morgan fingerprint density at radius 1 is 0.859 bits per heavy atom. The smallest absolute Gasteiger partial charge is 0.320 e. The van der Waals surface area contributed by atoms with E-state index in [0.29, 0.717) is 48.0 Å². The van der Waals surface area contributed by atoms with Gasteiger partial charge in [-0.05, 0) is 138 Å².